The number of para-hydroxylation sites is 1. The summed E-state index contributed by atoms with van der Waals surface area (Å²) < 4.78 is 18.1. The van der Waals surface area contributed by atoms with Gasteiger partial charge in [-0.05, 0) is 54.1 Å². The van der Waals surface area contributed by atoms with E-state index in [1.165, 1.54) is 19.2 Å². The average Bonchev–Trinajstić information content (AvgIpc) is 2.68. The number of carbonyl (C=O) groups is 1. The Morgan fingerprint density at radius 3 is 2.27 bits per heavy atom. The molecular weight excluding hydrogens is 331 g/mol. The minimum absolute atomic E-state index is 0.227. The zero-order chi connectivity index (χ0) is 18.4. The molecule has 0 unspecified atom stereocenters. The van der Waals surface area contributed by atoms with E-state index in [1.807, 2.05) is 30.3 Å². The van der Waals surface area contributed by atoms with E-state index in [9.17, 15) is 9.18 Å². The van der Waals surface area contributed by atoms with Crippen LogP contribution in [0.25, 0.3) is 0 Å². The molecule has 0 aliphatic rings. The van der Waals surface area contributed by atoms with E-state index in [0.717, 1.165) is 11.3 Å². The number of anilines is 2. The molecule has 3 rings (SSSR count). The van der Waals surface area contributed by atoms with Crippen molar-refractivity contribution in [2.75, 3.05) is 17.7 Å². The fourth-order valence-corrected chi connectivity index (χ4v) is 2.51. The normalized spacial score (nSPS) is 10.2. The largest absolute Gasteiger partial charge is 0.496 e. The molecule has 0 atom stereocenters. The average molecular weight is 350 g/mol. The van der Waals surface area contributed by atoms with Crippen molar-refractivity contribution >= 4 is 17.3 Å². The zero-order valence-electron chi connectivity index (χ0n) is 14.3. The molecule has 0 radical (unpaired) electrons. The lowest BCUT2D eigenvalue weighted by Gasteiger charge is -2.10. The van der Waals surface area contributed by atoms with Crippen LogP contribution in [0.4, 0.5) is 15.8 Å². The first kappa shape index (κ1) is 17.5. The van der Waals surface area contributed by atoms with Crippen LogP contribution in [-0.4, -0.2) is 13.0 Å². The Labute approximate surface area is 151 Å². The van der Waals surface area contributed by atoms with Gasteiger partial charge in [-0.25, -0.2) is 4.39 Å². The van der Waals surface area contributed by atoms with Crippen molar-refractivity contribution < 1.29 is 13.9 Å². The molecule has 0 aliphatic heterocycles. The Balaban J connectivity index is 1.60. The minimum Gasteiger partial charge on any atom is -0.496 e. The summed E-state index contributed by atoms with van der Waals surface area (Å²) in [5.74, 6) is 0.0564. The Morgan fingerprint density at radius 2 is 1.58 bits per heavy atom. The van der Waals surface area contributed by atoms with Gasteiger partial charge in [0.1, 0.15) is 11.6 Å². The number of benzene rings is 3. The maximum atomic E-state index is 12.9. The molecule has 0 fully saturated rings. The predicted octanol–water partition coefficient (Wildman–Crippen LogP) is 4.70. The van der Waals surface area contributed by atoms with Gasteiger partial charge in [0.05, 0.1) is 12.7 Å². The number of hydrogen-bond acceptors (Lipinski definition) is 3. The second kappa shape index (κ2) is 8.16. The number of methoxy groups -OCH3 is 1. The molecule has 0 aromatic heterocycles. The lowest BCUT2D eigenvalue weighted by Crippen LogP contribution is -2.13. The van der Waals surface area contributed by atoms with Gasteiger partial charge in [0.2, 0.25) is 0 Å². The van der Waals surface area contributed by atoms with Crippen molar-refractivity contribution in [3.63, 3.8) is 0 Å². The molecule has 1 amide bonds. The lowest BCUT2D eigenvalue weighted by atomic mass is 10.1. The Morgan fingerprint density at radius 1 is 0.923 bits per heavy atom. The summed E-state index contributed by atoms with van der Waals surface area (Å²) >= 11 is 0. The highest BCUT2D eigenvalue weighted by molar-refractivity contribution is 6.06. The van der Waals surface area contributed by atoms with Gasteiger partial charge in [-0.15, -0.1) is 0 Å². The molecule has 5 heteroatoms. The van der Waals surface area contributed by atoms with Gasteiger partial charge in [0.25, 0.3) is 5.91 Å². The molecule has 3 aromatic carbocycles. The molecule has 26 heavy (non-hydrogen) atoms. The predicted molar refractivity (Wildman–Crippen MR) is 101 cm³/mol. The van der Waals surface area contributed by atoms with Crippen molar-refractivity contribution in [1.29, 1.82) is 0 Å². The second-order valence-electron chi connectivity index (χ2n) is 5.71. The SMILES string of the molecule is COc1ccccc1C(=O)Nc1ccc(NCc2ccc(F)cc2)cc1. The third-order valence-electron chi connectivity index (χ3n) is 3.90. The van der Waals surface area contributed by atoms with E-state index in [0.29, 0.717) is 23.5 Å². The summed E-state index contributed by atoms with van der Waals surface area (Å²) in [5, 5.41) is 6.11. The van der Waals surface area contributed by atoms with E-state index >= 15 is 0 Å². The number of hydrogen-bond donors (Lipinski definition) is 2. The van der Waals surface area contributed by atoms with Gasteiger partial charge < -0.3 is 15.4 Å². The van der Waals surface area contributed by atoms with Crippen LogP contribution in [-0.2, 0) is 6.54 Å². The lowest BCUT2D eigenvalue weighted by molar-refractivity contribution is 0.102. The molecule has 132 valence electrons. The van der Waals surface area contributed by atoms with E-state index in [1.54, 1.807) is 30.3 Å². The third-order valence-corrected chi connectivity index (χ3v) is 3.90. The molecule has 4 nitrogen and oxygen atoms in total. The highest BCUT2D eigenvalue weighted by Crippen LogP contribution is 2.20. The van der Waals surface area contributed by atoms with Crippen molar-refractivity contribution in [3.05, 3.63) is 89.7 Å². The van der Waals surface area contributed by atoms with Crippen LogP contribution in [0.15, 0.2) is 72.8 Å². The smallest absolute Gasteiger partial charge is 0.259 e. The summed E-state index contributed by atoms with van der Waals surface area (Å²) in [6.45, 7) is 0.590. The maximum absolute atomic E-state index is 12.9. The summed E-state index contributed by atoms with van der Waals surface area (Å²) in [6, 6.07) is 20.8. The molecule has 3 aromatic rings. The molecule has 0 aliphatic carbocycles. The van der Waals surface area contributed by atoms with Crippen LogP contribution in [0, 0.1) is 5.82 Å². The summed E-state index contributed by atoms with van der Waals surface area (Å²) in [4.78, 5) is 12.4. The molecule has 2 N–H and O–H groups in total. The Hall–Kier alpha value is -3.34. The summed E-state index contributed by atoms with van der Waals surface area (Å²) in [7, 11) is 1.54. The molecule has 0 heterocycles. The van der Waals surface area contributed by atoms with Crippen LogP contribution in [0.2, 0.25) is 0 Å². The van der Waals surface area contributed by atoms with Gasteiger partial charge >= 0.3 is 0 Å². The monoisotopic (exact) mass is 350 g/mol. The van der Waals surface area contributed by atoms with Gasteiger partial charge in [-0.1, -0.05) is 24.3 Å². The third kappa shape index (κ3) is 4.39. The number of ether oxygens (including phenoxy) is 1. The molecular formula is C21H19FN2O2. The highest BCUT2D eigenvalue weighted by atomic mass is 19.1. The maximum Gasteiger partial charge on any atom is 0.259 e. The number of nitrogens with one attached hydrogen (secondary N) is 2. The first-order valence-corrected chi connectivity index (χ1v) is 8.18. The van der Waals surface area contributed by atoms with Crippen LogP contribution >= 0.6 is 0 Å². The Kier molecular flexibility index (Phi) is 5.49. The highest BCUT2D eigenvalue weighted by Gasteiger charge is 2.11. The van der Waals surface area contributed by atoms with E-state index < -0.39 is 0 Å². The first-order chi connectivity index (χ1) is 12.7. The Bertz CT molecular complexity index is 877. The second-order valence-corrected chi connectivity index (χ2v) is 5.71. The van der Waals surface area contributed by atoms with Gasteiger partial charge in [-0.2, -0.15) is 0 Å². The molecule has 0 saturated heterocycles. The molecule has 0 bridgehead atoms. The fourth-order valence-electron chi connectivity index (χ4n) is 2.51. The number of amides is 1. The topological polar surface area (TPSA) is 50.4 Å². The van der Waals surface area contributed by atoms with Gasteiger partial charge in [-0.3, -0.25) is 4.79 Å². The van der Waals surface area contributed by atoms with Gasteiger partial charge in [0, 0.05) is 17.9 Å². The standard InChI is InChI=1S/C21H19FN2O2/c1-26-20-5-3-2-4-19(20)21(25)24-18-12-10-17(11-13-18)23-14-15-6-8-16(22)9-7-15/h2-13,23H,14H2,1H3,(H,24,25). The van der Waals surface area contributed by atoms with Crippen LogP contribution < -0.4 is 15.4 Å². The van der Waals surface area contributed by atoms with Crippen molar-refractivity contribution in [2.24, 2.45) is 0 Å². The van der Waals surface area contributed by atoms with Gasteiger partial charge in [0.15, 0.2) is 0 Å². The van der Waals surface area contributed by atoms with Crippen molar-refractivity contribution in [2.45, 2.75) is 6.54 Å². The van der Waals surface area contributed by atoms with E-state index in [-0.39, 0.29) is 11.7 Å². The number of halogens is 1. The number of rotatable bonds is 6. The fraction of sp³-hybridized carbons (Fsp3) is 0.0952. The number of carbonyl (C=O) groups excluding carboxylic acids is 1. The van der Waals surface area contributed by atoms with Crippen LogP contribution in [0.5, 0.6) is 5.75 Å². The van der Waals surface area contributed by atoms with E-state index in [4.69, 9.17) is 4.74 Å². The molecule has 0 spiro atoms. The van der Waals surface area contributed by atoms with Crippen molar-refractivity contribution in [1.82, 2.24) is 0 Å². The molecule has 0 saturated carbocycles. The first-order valence-electron chi connectivity index (χ1n) is 8.18. The summed E-state index contributed by atoms with van der Waals surface area (Å²) in [5.41, 5.74) is 3.06. The van der Waals surface area contributed by atoms with Crippen LogP contribution in [0.1, 0.15) is 15.9 Å². The minimum atomic E-state index is -0.246. The zero-order valence-corrected chi connectivity index (χ0v) is 14.3. The summed E-state index contributed by atoms with van der Waals surface area (Å²) in [6.07, 6.45) is 0. The quantitative estimate of drug-likeness (QED) is 0.677. The van der Waals surface area contributed by atoms with E-state index in [2.05, 4.69) is 10.6 Å². The van der Waals surface area contributed by atoms with Crippen molar-refractivity contribution in [3.8, 4) is 5.75 Å². The van der Waals surface area contributed by atoms with Crippen LogP contribution in [0.3, 0.4) is 0 Å².